The van der Waals surface area contributed by atoms with Gasteiger partial charge in [0.25, 0.3) is 0 Å². The van der Waals surface area contributed by atoms with Gasteiger partial charge in [0.1, 0.15) is 11.3 Å². The molecule has 1 saturated carbocycles. The fourth-order valence-corrected chi connectivity index (χ4v) is 4.21. The molecule has 1 aromatic carbocycles. The number of piperazine rings is 1. The number of carbonyl (C=O) groups is 1. The molecule has 2 aliphatic rings. The zero-order valence-corrected chi connectivity index (χ0v) is 19.2. The van der Waals surface area contributed by atoms with Crippen LogP contribution in [0, 0.1) is 15.9 Å². The summed E-state index contributed by atoms with van der Waals surface area (Å²) in [6.45, 7) is 3.97. The molecule has 2 N–H and O–H groups in total. The first kappa shape index (κ1) is 24.1. The minimum absolute atomic E-state index is 0.0445. The summed E-state index contributed by atoms with van der Waals surface area (Å²) in [6, 6.07) is 1.45. The van der Waals surface area contributed by atoms with Gasteiger partial charge in [0, 0.05) is 37.9 Å². The number of carboxylic acid groups (broad SMARTS) is 1. The SMILES string of the molecule is COc1c(N2CCNC(C)C2)c(F)cc2c(=O)c(C(=O)O)cn(C3CC3)c12.O=[N+]([O-])n1ccnc1. The molecule has 2 fully saturated rings. The Hall–Kier alpha value is -4.00. The van der Waals surface area contributed by atoms with Crippen LogP contribution in [0.25, 0.3) is 10.9 Å². The Bertz CT molecular complexity index is 1320. The summed E-state index contributed by atoms with van der Waals surface area (Å²) in [6.07, 6.45) is 6.88. The van der Waals surface area contributed by atoms with Gasteiger partial charge in [-0.05, 0) is 25.8 Å². The van der Waals surface area contributed by atoms with Crippen LogP contribution >= 0.6 is 0 Å². The van der Waals surface area contributed by atoms with Crippen molar-refractivity contribution in [2.45, 2.75) is 31.8 Å². The van der Waals surface area contributed by atoms with Crippen LogP contribution in [0.4, 0.5) is 10.1 Å². The number of benzene rings is 1. The Labute approximate surface area is 198 Å². The smallest absolute Gasteiger partial charge is 0.341 e. The van der Waals surface area contributed by atoms with Crippen LogP contribution in [-0.4, -0.2) is 63.1 Å². The number of ether oxygens (including phenoxy) is 1. The number of imidazole rings is 1. The Morgan fingerprint density at radius 1 is 1.40 bits per heavy atom. The average molecular weight is 488 g/mol. The number of fused-ring (bicyclic) bond motifs is 1. The first-order chi connectivity index (χ1) is 16.7. The molecule has 3 heterocycles. The van der Waals surface area contributed by atoms with Crippen LogP contribution in [0.15, 0.2) is 35.8 Å². The molecule has 13 heteroatoms. The molecule has 5 rings (SSSR count). The molecule has 0 radical (unpaired) electrons. The quantitative estimate of drug-likeness (QED) is 0.406. The summed E-state index contributed by atoms with van der Waals surface area (Å²) in [7, 11) is 1.45. The largest absolute Gasteiger partial charge is 0.492 e. The number of aromatic carboxylic acids is 1. The van der Waals surface area contributed by atoms with Crippen molar-refractivity contribution in [3.8, 4) is 5.75 Å². The van der Waals surface area contributed by atoms with Gasteiger partial charge in [-0.2, -0.15) is 0 Å². The second kappa shape index (κ2) is 9.70. The van der Waals surface area contributed by atoms with Crippen LogP contribution < -0.4 is 20.4 Å². The molecular formula is C22H25FN6O6. The number of anilines is 1. The van der Waals surface area contributed by atoms with Gasteiger partial charge in [-0.3, -0.25) is 4.79 Å². The second-order valence-electron chi connectivity index (χ2n) is 8.43. The standard InChI is InChI=1S/C19H22FN3O4.C3H3N3O2/c1-10-8-22(6-5-21-10)16-14(20)7-12-15(18(16)27-2)23(11-3-4-11)9-13(17(12)24)19(25)26;7-6(8)5-2-1-4-3-5/h7,9-11,21H,3-6,8H2,1-2H3,(H,25,26);1-3H. The number of halogens is 1. The summed E-state index contributed by atoms with van der Waals surface area (Å²) in [5, 5.41) is 22.0. The number of nitrogens with one attached hydrogen (secondary N) is 1. The van der Waals surface area contributed by atoms with E-state index >= 15 is 4.39 Å². The number of hydrogen-bond donors (Lipinski definition) is 2. The lowest BCUT2D eigenvalue weighted by Crippen LogP contribution is -2.49. The number of methoxy groups -OCH3 is 1. The lowest BCUT2D eigenvalue weighted by molar-refractivity contribution is -0.542. The highest BCUT2D eigenvalue weighted by molar-refractivity contribution is 5.97. The highest BCUT2D eigenvalue weighted by atomic mass is 19.1. The molecule has 1 unspecified atom stereocenters. The first-order valence-electron chi connectivity index (χ1n) is 11.0. The fraction of sp³-hybridized carbons (Fsp3) is 0.409. The molecule has 0 amide bonds. The molecule has 0 spiro atoms. The number of pyridine rings is 1. The van der Waals surface area contributed by atoms with Crippen LogP contribution in [0.5, 0.6) is 5.75 Å². The van der Waals surface area contributed by atoms with E-state index in [0.717, 1.165) is 36.5 Å². The predicted octanol–water partition coefficient (Wildman–Crippen LogP) is 1.90. The predicted molar refractivity (Wildman–Crippen MR) is 124 cm³/mol. The lowest BCUT2D eigenvalue weighted by Gasteiger charge is -2.35. The number of carboxylic acids is 1. The maximum absolute atomic E-state index is 15.1. The molecule has 1 atom stereocenters. The minimum atomic E-state index is -1.31. The number of nitro groups is 1. The van der Waals surface area contributed by atoms with E-state index in [0.29, 0.717) is 30.0 Å². The van der Waals surface area contributed by atoms with E-state index in [-0.39, 0.29) is 23.0 Å². The monoisotopic (exact) mass is 488 g/mol. The van der Waals surface area contributed by atoms with Crippen molar-refractivity contribution < 1.29 is 24.1 Å². The van der Waals surface area contributed by atoms with E-state index in [9.17, 15) is 24.8 Å². The van der Waals surface area contributed by atoms with Gasteiger partial charge >= 0.3 is 5.97 Å². The zero-order valence-electron chi connectivity index (χ0n) is 19.2. The Balaban J connectivity index is 0.000000308. The summed E-state index contributed by atoms with van der Waals surface area (Å²) in [4.78, 5) is 39.4. The van der Waals surface area contributed by atoms with Gasteiger partial charge in [0.15, 0.2) is 22.9 Å². The normalized spacial score (nSPS) is 17.6. The number of aromatic nitrogens is 3. The van der Waals surface area contributed by atoms with Crippen molar-refractivity contribution in [2.75, 3.05) is 31.6 Å². The molecular weight excluding hydrogens is 463 g/mol. The molecule has 3 aromatic rings. The second-order valence-corrected chi connectivity index (χ2v) is 8.43. The van der Waals surface area contributed by atoms with Crippen LogP contribution in [0.2, 0.25) is 0 Å². The summed E-state index contributed by atoms with van der Waals surface area (Å²) in [5.74, 6) is -1.59. The molecule has 35 heavy (non-hydrogen) atoms. The number of rotatable bonds is 5. The Kier molecular flexibility index (Phi) is 6.69. The van der Waals surface area contributed by atoms with Crippen molar-refractivity contribution >= 4 is 22.6 Å². The fourth-order valence-electron chi connectivity index (χ4n) is 4.21. The van der Waals surface area contributed by atoms with E-state index in [1.165, 1.54) is 25.7 Å². The van der Waals surface area contributed by atoms with Crippen molar-refractivity contribution in [2.24, 2.45) is 0 Å². The molecule has 0 bridgehead atoms. The third-order valence-electron chi connectivity index (χ3n) is 5.94. The molecule has 1 saturated heterocycles. The molecule has 186 valence electrons. The minimum Gasteiger partial charge on any atom is -0.492 e. The van der Waals surface area contributed by atoms with Crippen LogP contribution in [0.3, 0.4) is 0 Å². The topological polar surface area (TPSA) is 145 Å². The maximum atomic E-state index is 15.1. The van der Waals surface area contributed by atoms with Crippen molar-refractivity contribution in [3.05, 3.63) is 62.7 Å². The van der Waals surface area contributed by atoms with Crippen molar-refractivity contribution in [3.63, 3.8) is 0 Å². The average Bonchev–Trinajstić information content (AvgIpc) is 3.50. The van der Waals surface area contributed by atoms with Gasteiger partial charge in [-0.25, -0.2) is 24.3 Å². The van der Waals surface area contributed by atoms with Crippen LogP contribution in [-0.2, 0) is 0 Å². The van der Waals surface area contributed by atoms with E-state index in [1.54, 1.807) is 4.57 Å². The van der Waals surface area contributed by atoms with E-state index in [2.05, 4.69) is 10.3 Å². The van der Waals surface area contributed by atoms with Gasteiger partial charge in [-0.15, -0.1) is 0 Å². The van der Waals surface area contributed by atoms with E-state index in [1.807, 2.05) is 11.8 Å². The van der Waals surface area contributed by atoms with E-state index < -0.39 is 22.2 Å². The maximum Gasteiger partial charge on any atom is 0.341 e. The molecule has 1 aliphatic heterocycles. The molecule has 2 aromatic heterocycles. The summed E-state index contributed by atoms with van der Waals surface area (Å²) < 4.78 is 23.2. The lowest BCUT2D eigenvalue weighted by atomic mass is 10.1. The van der Waals surface area contributed by atoms with E-state index in [4.69, 9.17) is 4.74 Å². The number of hydrogen-bond acceptors (Lipinski definition) is 8. The van der Waals surface area contributed by atoms with Crippen molar-refractivity contribution in [1.82, 2.24) is 19.5 Å². The Morgan fingerprint density at radius 3 is 2.66 bits per heavy atom. The van der Waals surface area contributed by atoms with Gasteiger partial charge in [0.05, 0.1) is 30.4 Å². The summed E-state index contributed by atoms with van der Waals surface area (Å²) >= 11 is 0. The molecule has 12 nitrogen and oxygen atoms in total. The van der Waals surface area contributed by atoms with Gasteiger partial charge in [0.2, 0.25) is 5.43 Å². The first-order valence-corrected chi connectivity index (χ1v) is 11.0. The third kappa shape index (κ3) is 4.80. The zero-order chi connectivity index (χ0) is 25.3. The highest BCUT2D eigenvalue weighted by Crippen LogP contribution is 2.43. The third-order valence-corrected chi connectivity index (χ3v) is 5.94. The Morgan fingerprint density at radius 2 is 2.14 bits per heavy atom. The van der Waals surface area contributed by atoms with Crippen molar-refractivity contribution in [1.29, 1.82) is 0 Å². The van der Waals surface area contributed by atoms with Gasteiger partial charge in [-0.1, -0.05) is 4.68 Å². The highest BCUT2D eigenvalue weighted by Gasteiger charge is 2.32. The van der Waals surface area contributed by atoms with Crippen LogP contribution in [0.1, 0.15) is 36.2 Å². The summed E-state index contributed by atoms with van der Waals surface area (Å²) in [5.41, 5.74) is -0.237. The molecule has 1 aliphatic carbocycles. The number of nitrogens with zero attached hydrogens (tertiary/aromatic N) is 5. The van der Waals surface area contributed by atoms with Gasteiger partial charge < -0.3 is 24.6 Å².